The second-order valence-electron chi connectivity index (χ2n) is 8.06. The number of hydrogen-bond donors (Lipinski definition) is 0. The molecule has 0 radical (unpaired) electrons. The summed E-state index contributed by atoms with van der Waals surface area (Å²) in [6.07, 6.45) is -11.2. The topological polar surface area (TPSA) is 51.2 Å². The highest BCUT2D eigenvalue weighted by Crippen LogP contribution is 2.61. The molecule has 0 aliphatic carbocycles. The van der Waals surface area contributed by atoms with Gasteiger partial charge in [0.05, 0.1) is 33.0 Å². The molecule has 2 fully saturated rings. The van der Waals surface area contributed by atoms with Gasteiger partial charge >= 0.3 is 43.5 Å². The Kier molecular flexibility index (Phi) is 9.56. The minimum absolute atomic E-state index is 0.0393. The van der Waals surface area contributed by atoms with Crippen LogP contribution in [0.5, 0.6) is 0 Å². The van der Waals surface area contributed by atoms with Gasteiger partial charge in [-0.3, -0.25) is 4.57 Å². The highest BCUT2D eigenvalue weighted by atomic mass is 31.2. The second kappa shape index (κ2) is 10.9. The molecular weight excluding hydrogens is 574 g/mol. The summed E-state index contributed by atoms with van der Waals surface area (Å²) in [4.78, 5) is 0. The minimum Gasteiger partial charge on any atom is -0.379 e. The second-order valence-corrected chi connectivity index (χ2v) is 10.4. The van der Waals surface area contributed by atoms with Crippen LogP contribution in [0.15, 0.2) is 0 Å². The van der Waals surface area contributed by atoms with Gasteiger partial charge in [-0.2, -0.15) is 57.1 Å². The molecule has 0 spiro atoms. The van der Waals surface area contributed by atoms with Crippen LogP contribution in [0.3, 0.4) is 0 Å². The Balaban J connectivity index is 2.15. The van der Waals surface area contributed by atoms with Crippen LogP contribution in [-0.4, -0.2) is 104 Å². The summed E-state index contributed by atoms with van der Waals surface area (Å²) in [5, 5.41) is 0. The average Bonchev–Trinajstić information content (AvgIpc) is 2.81. The molecule has 2 aliphatic heterocycles. The molecule has 2 aliphatic rings. The maximum atomic E-state index is 14.0. The summed E-state index contributed by atoms with van der Waals surface area (Å²) in [6.45, 7) is -0.550. The van der Waals surface area contributed by atoms with Gasteiger partial charge in [-0.05, 0) is 6.42 Å². The largest absolute Gasteiger partial charge is 0.460 e. The van der Waals surface area contributed by atoms with Crippen LogP contribution in [0.4, 0.5) is 57.1 Å². The fourth-order valence-electron chi connectivity index (χ4n) is 3.39. The van der Waals surface area contributed by atoms with Gasteiger partial charge in [0, 0.05) is 32.6 Å². The Morgan fingerprint density at radius 3 is 1.38 bits per heavy atom. The van der Waals surface area contributed by atoms with Crippen molar-refractivity contribution in [1.29, 1.82) is 0 Å². The lowest BCUT2D eigenvalue weighted by atomic mass is 9.92. The molecule has 0 N–H and O–H groups in total. The molecule has 220 valence electrons. The molecule has 0 bridgehead atoms. The molecule has 6 nitrogen and oxygen atoms in total. The van der Waals surface area contributed by atoms with Crippen molar-refractivity contribution in [2.24, 2.45) is 0 Å². The van der Waals surface area contributed by atoms with Gasteiger partial charge < -0.3 is 14.0 Å². The van der Waals surface area contributed by atoms with Crippen molar-refractivity contribution < 1.29 is 75.6 Å². The fraction of sp³-hybridized carbons (Fsp3) is 1.00. The van der Waals surface area contributed by atoms with Crippen LogP contribution >= 0.6 is 7.67 Å². The molecule has 2 saturated heterocycles. The molecule has 0 amide bonds. The third kappa shape index (κ3) is 5.85. The maximum Gasteiger partial charge on any atom is 0.460 e. The standard InChI is InChI=1S/C17H22F13N2O4P/c18-12(19,13(20,21)14(22,23)15(24,25)16(26,27)17(28,29)30)2-1-7-36-37(33,31-3-8-34-9-4-31)32-5-10-35-11-6-32/h1-11H2. The maximum absolute atomic E-state index is 14.0. The molecule has 37 heavy (non-hydrogen) atoms. The smallest absolute Gasteiger partial charge is 0.379 e. The van der Waals surface area contributed by atoms with Crippen molar-refractivity contribution >= 4 is 7.67 Å². The van der Waals surface area contributed by atoms with E-state index in [-0.39, 0.29) is 52.6 Å². The first kappa shape index (κ1) is 32.3. The molecule has 0 aromatic heterocycles. The Morgan fingerprint density at radius 2 is 1.00 bits per heavy atom. The van der Waals surface area contributed by atoms with E-state index in [1.807, 2.05) is 0 Å². The Morgan fingerprint density at radius 1 is 0.622 bits per heavy atom. The van der Waals surface area contributed by atoms with Gasteiger partial charge in [0.15, 0.2) is 0 Å². The number of morpholine rings is 2. The highest BCUT2D eigenvalue weighted by Gasteiger charge is 2.90. The average molecular weight is 596 g/mol. The van der Waals surface area contributed by atoms with Crippen LogP contribution in [0.1, 0.15) is 12.8 Å². The summed E-state index contributed by atoms with van der Waals surface area (Å²) in [7, 11) is -4.01. The zero-order valence-corrected chi connectivity index (χ0v) is 19.6. The van der Waals surface area contributed by atoms with Crippen molar-refractivity contribution in [2.45, 2.75) is 48.6 Å². The van der Waals surface area contributed by atoms with E-state index in [1.54, 1.807) is 0 Å². The number of halogens is 13. The number of nitrogens with zero attached hydrogens (tertiary/aromatic N) is 2. The monoisotopic (exact) mass is 596 g/mol. The first-order chi connectivity index (χ1) is 16.7. The summed E-state index contributed by atoms with van der Waals surface area (Å²) in [5.74, 6) is -37.1. The quantitative estimate of drug-likeness (QED) is 0.184. The lowest BCUT2D eigenvalue weighted by Gasteiger charge is -2.41. The summed E-state index contributed by atoms with van der Waals surface area (Å²) < 4.78 is 203. The first-order valence-electron chi connectivity index (χ1n) is 10.5. The molecule has 20 heteroatoms. The molecular formula is C17H22F13N2O4P. The van der Waals surface area contributed by atoms with Crippen molar-refractivity contribution in [1.82, 2.24) is 9.34 Å². The molecule has 0 aromatic carbocycles. The number of hydrogen-bond acceptors (Lipinski definition) is 4. The van der Waals surface area contributed by atoms with E-state index in [9.17, 15) is 61.6 Å². The summed E-state index contributed by atoms with van der Waals surface area (Å²) >= 11 is 0. The molecule has 0 atom stereocenters. The fourth-order valence-corrected chi connectivity index (χ4v) is 5.78. The summed E-state index contributed by atoms with van der Waals surface area (Å²) in [5.41, 5.74) is 0. The predicted octanol–water partition coefficient (Wildman–Crippen LogP) is 5.29. The number of ether oxygens (including phenoxy) is 2. The Bertz CT molecular complexity index is 794. The van der Waals surface area contributed by atoms with E-state index in [1.165, 1.54) is 9.34 Å². The molecule has 2 rings (SSSR count). The van der Waals surface area contributed by atoms with E-state index >= 15 is 0 Å². The number of rotatable bonds is 11. The van der Waals surface area contributed by atoms with Crippen molar-refractivity contribution in [3.63, 3.8) is 0 Å². The van der Waals surface area contributed by atoms with Crippen LogP contribution in [0.25, 0.3) is 0 Å². The number of alkyl halides is 13. The van der Waals surface area contributed by atoms with Crippen molar-refractivity contribution in [3.8, 4) is 0 Å². The zero-order chi connectivity index (χ0) is 28.6. The molecule has 0 aromatic rings. The van der Waals surface area contributed by atoms with E-state index in [0.29, 0.717) is 0 Å². The van der Waals surface area contributed by atoms with Gasteiger partial charge in [0.25, 0.3) is 0 Å². The third-order valence-corrected chi connectivity index (χ3v) is 8.33. The highest BCUT2D eigenvalue weighted by molar-refractivity contribution is 7.54. The van der Waals surface area contributed by atoms with Crippen molar-refractivity contribution in [2.75, 3.05) is 59.2 Å². The molecule has 2 heterocycles. The van der Waals surface area contributed by atoms with Crippen LogP contribution in [0.2, 0.25) is 0 Å². The summed E-state index contributed by atoms with van der Waals surface area (Å²) in [6, 6.07) is 0. The van der Waals surface area contributed by atoms with E-state index < -0.39 is 62.9 Å². The Hall–Kier alpha value is -0.880. The van der Waals surface area contributed by atoms with Crippen LogP contribution in [0, 0.1) is 0 Å². The molecule has 0 unspecified atom stereocenters. The van der Waals surface area contributed by atoms with Gasteiger partial charge in [0.2, 0.25) is 0 Å². The van der Waals surface area contributed by atoms with E-state index in [2.05, 4.69) is 0 Å². The van der Waals surface area contributed by atoms with E-state index in [4.69, 9.17) is 14.0 Å². The lowest BCUT2D eigenvalue weighted by molar-refractivity contribution is -0.440. The SMILES string of the molecule is O=P(OCCCC(F)(F)C(F)(F)C(F)(F)C(F)(F)C(F)(F)C(F)(F)F)(N1CCOCC1)N1CCOCC1. The van der Waals surface area contributed by atoms with Crippen LogP contribution in [-0.2, 0) is 18.6 Å². The lowest BCUT2D eigenvalue weighted by Crippen LogP contribution is -2.70. The van der Waals surface area contributed by atoms with Gasteiger partial charge in [-0.15, -0.1) is 0 Å². The normalized spacial score (nSPS) is 20.9. The van der Waals surface area contributed by atoms with Gasteiger partial charge in [-0.25, -0.2) is 9.34 Å². The zero-order valence-electron chi connectivity index (χ0n) is 18.7. The molecule has 0 saturated carbocycles. The van der Waals surface area contributed by atoms with E-state index in [0.717, 1.165) is 0 Å². The van der Waals surface area contributed by atoms with Crippen molar-refractivity contribution in [3.05, 3.63) is 0 Å². The van der Waals surface area contributed by atoms with Gasteiger partial charge in [-0.1, -0.05) is 0 Å². The Labute approximate surface area is 201 Å². The predicted molar refractivity (Wildman–Crippen MR) is 98.4 cm³/mol. The first-order valence-corrected chi connectivity index (χ1v) is 12.1. The minimum atomic E-state index is -7.94. The third-order valence-electron chi connectivity index (χ3n) is 5.58. The van der Waals surface area contributed by atoms with Crippen LogP contribution < -0.4 is 0 Å². The van der Waals surface area contributed by atoms with Gasteiger partial charge in [0.1, 0.15) is 0 Å².